The fraction of sp³-hybridized carbons (Fsp3) is 0.533. The van der Waals surface area contributed by atoms with Crippen LogP contribution in [0.25, 0.3) is 0 Å². The van der Waals surface area contributed by atoms with Crippen molar-refractivity contribution in [2.24, 2.45) is 0 Å². The van der Waals surface area contributed by atoms with Gasteiger partial charge < -0.3 is 4.90 Å². The normalized spacial score (nSPS) is 18.4. The maximum Gasteiger partial charge on any atom is 0.152 e. The van der Waals surface area contributed by atoms with Crippen molar-refractivity contribution in [1.82, 2.24) is 4.90 Å². The van der Waals surface area contributed by atoms with Gasteiger partial charge in [-0.1, -0.05) is 22.9 Å². The molecule has 4 heteroatoms. The minimum absolute atomic E-state index is 0.648. The maximum absolute atomic E-state index is 11.1. The Morgan fingerprint density at radius 3 is 2.58 bits per heavy atom. The van der Waals surface area contributed by atoms with E-state index in [0.29, 0.717) is 6.04 Å². The molecule has 3 nitrogen and oxygen atoms in total. The highest BCUT2D eigenvalue weighted by Crippen LogP contribution is 2.25. The van der Waals surface area contributed by atoms with Crippen LogP contribution >= 0.6 is 15.9 Å². The second-order valence-corrected chi connectivity index (χ2v) is 6.02. The molecule has 1 aromatic carbocycles. The molecule has 0 N–H and O–H groups in total. The van der Waals surface area contributed by atoms with Gasteiger partial charge >= 0.3 is 0 Å². The molecule has 1 aliphatic heterocycles. The smallest absolute Gasteiger partial charge is 0.152 e. The lowest BCUT2D eigenvalue weighted by Gasteiger charge is -2.39. The average Bonchev–Trinajstić information content (AvgIpc) is 2.46. The van der Waals surface area contributed by atoms with Crippen LogP contribution in [0.15, 0.2) is 22.7 Å². The number of aldehydes is 1. The molecule has 104 valence electrons. The van der Waals surface area contributed by atoms with Gasteiger partial charge in [0.25, 0.3) is 0 Å². The summed E-state index contributed by atoms with van der Waals surface area (Å²) in [6, 6.07) is 6.49. The predicted molar refractivity (Wildman–Crippen MR) is 83.1 cm³/mol. The van der Waals surface area contributed by atoms with E-state index in [1.807, 2.05) is 18.2 Å². The van der Waals surface area contributed by atoms with Gasteiger partial charge in [0.1, 0.15) is 0 Å². The van der Waals surface area contributed by atoms with E-state index in [9.17, 15) is 4.79 Å². The highest BCUT2D eigenvalue weighted by Gasteiger charge is 2.21. The lowest BCUT2D eigenvalue weighted by Crippen LogP contribution is -2.49. The molecule has 1 fully saturated rings. The van der Waals surface area contributed by atoms with E-state index in [0.717, 1.165) is 48.2 Å². The molecule has 1 heterocycles. The Morgan fingerprint density at radius 2 is 2.00 bits per heavy atom. The van der Waals surface area contributed by atoms with E-state index >= 15 is 0 Å². The van der Waals surface area contributed by atoms with Crippen LogP contribution in [0, 0.1) is 0 Å². The summed E-state index contributed by atoms with van der Waals surface area (Å²) in [5, 5.41) is 0. The van der Waals surface area contributed by atoms with Crippen molar-refractivity contribution in [3.63, 3.8) is 0 Å². The van der Waals surface area contributed by atoms with E-state index in [-0.39, 0.29) is 0 Å². The van der Waals surface area contributed by atoms with E-state index in [1.54, 1.807) is 0 Å². The van der Waals surface area contributed by atoms with E-state index < -0.39 is 0 Å². The number of halogens is 1. The summed E-state index contributed by atoms with van der Waals surface area (Å²) in [5.41, 5.74) is 1.83. The summed E-state index contributed by atoms with van der Waals surface area (Å²) < 4.78 is 1.03. The van der Waals surface area contributed by atoms with Gasteiger partial charge in [-0.15, -0.1) is 0 Å². The van der Waals surface area contributed by atoms with E-state index in [4.69, 9.17) is 0 Å². The zero-order chi connectivity index (χ0) is 13.8. The number of carbonyl (C=O) groups excluding carboxylic acids is 1. The first-order valence-electron chi connectivity index (χ1n) is 6.89. The largest absolute Gasteiger partial charge is 0.368 e. The number of rotatable bonds is 4. The van der Waals surface area contributed by atoms with Gasteiger partial charge in [0.15, 0.2) is 6.29 Å². The van der Waals surface area contributed by atoms with Gasteiger partial charge in [-0.25, -0.2) is 0 Å². The second kappa shape index (κ2) is 6.53. The lowest BCUT2D eigenvalue weighted by atomic mass is 10.1. The van der Waals surface area contributed by atoms with Gasteiger partial charge in [-0.3, -0.25) is 9.69 Å². The molecule has 1 atom stereocenters. The van der Waals surface area contributed by atoms with Gasteiger partial charge in [-0.05, 0) is 31.5 Å². The minimum atomic E-state index is 0.648. The Balaban J connectivity index is 2.09. The maximum atomic E-state index is 11.1. The lowest BCUT2D eigenvalue weighted by molar-refractivity contribution is 0.112. The SMILES string of the molecule is CCC(C)N1CCN(c2cc(Br)ccc2C=O)CC1. The Morgan fingerprint density at radius 1 is 1.32 bits per heavy atom. The molecule has 19 heavy (non-hydrogen) atoms. The first-order valence-corrected chi connectivity index (χ1v) is 7.68. The first-order chi connectivity index (χ1) is 9.15. The summed E-state index contributed by atoms with van der Waals surface area (Å²) in [7, 11) is 0. The van der Waals surface area contributed by atoms with Crippen LogP contribution in [0.2, 0.25) is 0 Å². The Hall–Kier alpha value is -0.870. The number of benzene rings is 1. The van der Waals surface area contributed by atoms with Crippen molar-refractivity contribution in [3.8, 4) is 0 Å². The molecular formula is C15H21BrN2O. The number of hydrogen-bond acceptors (Lipinski definition) is 3. The van der Waals surface area contributed by atoms with Crippen LogP contribution in [0.5, 0.6) is 0 Å². The molecule has 0 saturated carbocycles. The van der Waals surface area contributed by atoms with Crippen molar-refractivity contribution < 1.29 is 4.79 Å². The van der Waals surface area contributed by atoms with Crippen LogP contribution in [-0.2, 0) is 0 Å². The zero-order valence-corrected chi connectivity index (χ0v) is 13.2. The number of carbonyl (C=O) groups is 1. The topological polar surface area (TPSA) is 23.6 Å². The third-order valence-electron chi connectivity index (χ3n) is 3.99. The highest BCUT2D eigenvalue weighted by atomic mass is 79.9. The first kappa shape index (κ1) is 14.5. The molecule has 1 aliphatic rings. The van der Waals surface area contributed by atoms with Crippen LogP contribution in [0.3, 0.4) is 0 Å². The molecule has 0 aliphatic carbocycles. The van der Waals surface area contributed by atoms with Gasteiger partial charge in [0.05, 0.1) is 0 Å². The molecule has 0 radical (unpaired) electrons. The van der Waals surface area contributed by atoms with Crippen molar-refractivity contribution in [1.29, 1.82) is 0 Å². The number of nitrogens with zero attached hydrogens (tertiary/aromatic N) is 2. The van der Waals surface area contributed by atoms with Crippen LogP contribution in [-0.4, -0.2) is 43.4 Å². The Labute approximate surface area is 123 Å². The molecule has 2 rings (SSSR count). The van der Waals surface area contributed by atoms with Crippen LogP contribution < -0.4 is 4.90 Å². The zero-order valence-electron chi connectivity index (χ0n) is 11.6. The molecular weight excluding hydrogens is 304 g/mol. The number of anilines is 1. The fourth-order valence-electron chi connectivity index (χ4n) is 2.55. The monoisotopic (exact) mass is 324 g/mol. The van der Waals surface area contributed by atoms with E-state index in [1.165, 1.54) is 6.42 Å². The quantitative estimate of drug-likeness (QED) is 0.795. The summed E-state index contributed by atoms with van der Waals surface area (Å²) in [6.07, 6.45) is 2.14. The molecule has 1 saturated heterocycles. The van der Waals surface area contributed by atoms with E-state index in [2.05, 4.69) is 39.6 Å². The van der Waals surface area contributed by atoms with Gasteiger partial charge in [0, 0.05) is 47.9 Å². The molecule has 1 aromatic rings. The molecule has 0 spiro atoms. The Bertz CT molecular complexity index is 442. The van der Waals surface area contributed by atoms with Gasteiger partial charge in [0.2, 0.25) is 0 Å². The third-order valence-corrected chi connectivity index (χ3v) is 4.48. The number of piperazine rings is 1. The second-order valence-electron chi connectivity index (χ2n) is 5.10. The standard InChI is InChI=1S/C15H21BrN2O/c1-3-12(2)17-6-8-18(9-7-17)15-10-14(16)5-4-13(15)11-19/h4-5,10-12H,3,6-9H2,1-2H3. The fourth-order valence-corrected chi connectivity index (χ4v) is 2.90. The molecule has 0 amide bonds. The van der Waals surface area contributed by atoms with Crippen molar-refractivity contribution in [2.45, 2.75) is 26.3 Å². The average molecular weight is 325 g/mol. The number of hydrogen-bond donors (Lipinski definition) is 0. The minimum Gasteiger partial charge on any atom is -0.368 e. The van der Waals surface area contributed by atoms with Crippen LogP contribution in [0.4, 0.5) is 5.69 Å². The van der Waals surface area contributed by atoms with Crippen molar-refractivity contribution in [2.75, 3.05) is 31.1 Å². The Kier molecular flexibility index (Phi) is 4.99. The third kappa shape index (κ3) is 3.37. The van der Waals surface area contributed by atoms with Gasteiger partial charge in [-0.2, -0.15) is 0 Å². The summed E-state index contributed by atoms with van der Waals surface area (Å²) >= 11 is 3.49. The summed E-state index contributed by atoms with van der Waals surface area (Å²) in [6.45, 7) is 8.63. The summed E-state index contributed by atoms with van der Waals surface area (Å²) in [5.74, 6) is 0. The van der Waals surface area contributed by atoms with Crippen LogP contribution in [0.1, 0.15) is 30.6 Å². The molecule has 0 bridgehead atoms. The predicted octanol–water partition coefficient (Wildman–Crippen LogP) is 3.18. The summed E-state index contributed by atoms with van der Waals surface area (Å²) in [4.78, 5) is 16.0. The molecule has 1 unspecified atom stereocenters. The van der Waals surface area contributed by atoms with Crippen molar-refractivity contribution in [3.05, 3.63) is 28.2 Å². The molecule has 0 aromatic heterocycles. The highest BCUT2D eigenvalue weighted by molar-refractivity contribution is 9.10. The van der Waals surface area contributed by atoms with Crippen molar-refractivity contribution >= 4 is 27.9 Å².